The number of anilines is 1. The predicted molar refractivity (Wildman–Crippen MR) is 83.7 cm³/mol. The fraction of sp³-hybridized carbons (Fsp3) is 0.0588. The summed E-state index contributed by atoms with van der Waals surface area (Å²) in [4.78, 5) is 11.9. The second kappa shape index (κ2) is 6.91. The molecule has 0 aliphatic carbocycles. The third kappa shape index (κ3) is 4.16. The van der Waals surface area contributed by atoms with Crippen molar-refractivity contribution in [1.29, 1.82) is 0 Å². The SMILES string of the molecule is O=C(Cn1cc(Oc2ccc(F)cc2)cn1)Nc1ccc(F)cc1. The number of aromatic nitrogens is 2. The molecule has 3 aromatic rings. The van der Waals surface area contributed by atoms with Crippen molar-refractivity contribution >= 4 is 11.6 Å². The van der Waals surface area contributed by atoms with Crippen molar-refractivity contribution in [1.82, 2.24) is 9.78 Å². The zero-order valence-electron chi connectivity index (χ0n) is 12.4. The summed E-state index contributed by atoms with van der Waals surface area (Å²) in [7, 11) is 0. The Morgan fingerprint density at radius 3 is 2.29 bits per heavy atom. The second-order valence-electron chi connectivity index (χ2n) is 4.98. The van der Waals surface area contributed by atoms with Crippen LogP contribution in [0.1, 0.15) is 0 Å². The van der Waals surface area contributed by atoms with E-state index in [-0.39, 0.29) is 24.1 Å². The summed E-state index contributed by atoms with van der Waals surface area (Å²) in [6.45, 7) is -0.0237. The molecule has 0 aliphatic heterocycles. The van der Waals surface area contributed by atoms with Crippen LogP contribution in [-0.4, -0.2) is 15.7 Å². The molecule has 0 atom stereocenters. The predicted octanol–water partition coefficient (Wildman–Crippen LogP) is 3.59. The van der Waals surface area contributed by atoms with Gasteiger partial charge >= 0.3 is 0 Å². The highest BCUT2D eigenvalue weighted by atomic mass is 19.1. The molecule has 0 saturated heterocycles. The number of rotatable bonds is 5. The molecule has 0 unspecified atom stereocenters. The zero-order valence-corrected chi connectivity index (χ0v) is 12.4. The number of carbonyl (C=O) groups excluding carboxylic acids is 1. The Hall–Kier alpha value is -3.22. The highest BCUT2D eigenvalue weighted by molar-refractivity contribution is 5.90. The third-order valence-corrected chi connectivity index (χ3v) is 3.09. The maximum Gasteiger partial charge on any atom is 0.246 e. The lowest BCUT2D eigenvalue weighted by molar-refractivity contribution is -0.116. The minimum Gasteiger partial charge on any atom is -0.454 e. The van der Waals surface area contributed by atoms with Gasteiger partial charge in [-0.3, -0.25) is 9.48 Å². The number of halogens is 2. The molecule has 0 aliphatic rings. The molecule has 1 aromatic heterocycles. The molecular formula is C17H13F2N3O2. The van der Waals surface area contributed by atoms with Gasteiger partial charge in [0.25, 0.3) is 0 Å². The second-order valence-corrected chi connectivity index (χ2v) is 4.98. The standard InChI is InChI=1S/C17H13F2N3O2/c18-12-1-5-14(6-2-12)21-17(23)11-22-10-16(9-20-22)24-15-7-3-13(19)4-8-15/h1-10H,11H2,(H,21,23). The number of ether oxygens (including phenoxy) is 1. The molecule has 0 saturated carbocycles. The van der Waals surface area contributed by atoms with Crippen molar-refractivity contribution < 1.29 is 18.3 Å². The molecule has 122 valence electrons. The largest absolute Gasteiger partial charge is 0.454 e. The van der Waals surface area contributed by atoms with E-state index in [0.717, 1.165) is 0 Å². The number of hydrogen-bond acceptors (Lipinski definition) is 3. The molecule has 0 spiro atoms. The molecule has 1 amide bonds. The molecule has 1 heterocycles. The lowest BCUT2D eigenvalue weighted by Crippen LogP contribution is -2.18. The van der Waals surface area contributed by atoms with E-state index in [1.165, 1.54) is 59.4 Å². The van der Waals surface area contributed by atoms with Crippen LogP contribution >= 0.6 is 0 Å². The Bertz CT molecular complexity index is 830. The minimum atomic E-state index is -0.373. The topological polar surface area (TPSA) is 56.2 Å². The van der Waals surface area contributed by atoms with E-state index in [0.29, 0.717) is 17.2 Å². The number of benzene rings is 2. The lowest BCUT2D eigenvalue weighted by atomic mass is 10.3. The summed E-state index contributed by atoms with van der Waals surface area (Å²) in [6.07, 6.45) is 3.00. The van der Waals surface area contributed by atoms with E-state index in [9.17, 15) is 13.6 Å². The van der Waals surface area contributed by atoms with Gasteiger partial charge in [0.05, 0.1) is 12.4 Å². The van der Waals surface area contributed by atoms with Crippen LogP contribution in [-0.2, 0) is 11.3 Å². The van der Waals surface area contributed by atoms with Gasteiger partial charge in [-0.05, 0) is 48.5 Å². The van der Waals surface area contributed by atoms with Gasteiger partial charge in [0.2, 0.25) is 5.91 Å². The smallest absolute Gasteiger partial charge is 0.246 e. The molecule has 0 bridgehead atoms. The summed E-state index contributed by atoms with van der Waals surface area (Å²) in [5.74, 6) is -0.140. The molecule has 1 N–H and O–H groups in total. The first-order valence-electron chi connectivity index (χ1n) is 7.10. The average Bonchev–Trinajstić information content (AvgIpc) is 2.99. The number of carbonyl (C=O) groups is 1. The Balaban J connectivity index is 1.58. The Morgan fingerprint density at radius 1 is 1.00 bits per heavy atom. The Kier molecular flexibility index (Phi) is 4.51. The van der Waals surface area contributed by atoms with Crippen LogP contribution in [0.15, 0.2) is 60.9 Å². The Labute approximate surface area is 136 Å². The van der Waals surface area contributed by atoms with Crippen LogP contribution < -0.4 is 10.1 Å². The van der Waals surface area contributed by atoms with E-state index in [1.807, 2.05) is 0 Å². The maximum absolute atomic E-state index is 12.8. The number of nitrogens with zero attached hydrogens (tertiary/aromatic N) is 2. The van der Waals surface area contributed by atoms with Crippen LogP contribution in [0.5, 0.6) is 11.5 Å². The van der Waals surface area contributed by atoms with Gasteiger partial charge in [-0.1, -0.05) is 0 Å². The van der Waals surface area contributed by atoms with Gasteiger partial charge in [0.1, 0.15) is 23.9 Å². The zero-order chi connectivity index (χ0) is 16.9. The van der Waals surface area contributed by atoms with Crippen molar-refractivity contribution in [2.75, 3.05) is 5.32 Å². The van der Waals surface area contributed by atoms with E-state index < -0.39 is 0 Å². The fourth-order valence-corrected chi connectivity index (χ4v) is 2.00. The van der Waals surface area contributed by atoms with Gasteiger partial charge in [-0.15, -0.1) is 0 Å². The van der Waals surface area contributed by atoms with E-state index in [2.05, 4.69) is 10.4 Å². The van der Waals surface area contributed by atoms with Gasteiger partial charge < -0.3 is 10.1 Å². The van der Waals surface area contributed by atoms with Gasteiger partial charge in [0.15, 0.2) is 5.75 Å². The summed E-state index contributed by atoms with van der Waals surface area (Å²) < 4.78 is 32.6. The molecule has 5 nitrogen and oxygen atoms in total. The first-order chi connectivity index (χ1) is 11.6. The number of hydrogen-bond donors (Lipinski definition) is 1. The molecule has 24 heavy (non-hydrogen) atoms. The van der Waals surface area contributed by atoms with Crippen molar-refractivity contribution in [3.05, 3.63) is 72.6 Å². The van der Waals surface area contributed by atoms with Crippen LogP contribution in [0.3, 0.4) is 0 Å². The monoisotopic (exact) mass is 329 g/mol. The molecule has 7 heteroatoms. The third-order valence-electron chi connectivity index (χ3n) is 3.09. The van der Waals surface area contributed by atoms with Crippen LogP contribution in [0.25, 0.3) is 0 Å². The van der Waals surface area contributed by atoms with Crippen molar-refractivity contribution in [3.63, 3.8) is 0 Å². The quantitative estimate of drug-likeness (QED) is 0.778. The first kappa shape index (κ1) is 15.7. The molecule has 3 rings (SSSR count). The molecule has 0 fully saturated rings. The van der Waals surface area contributed by atoms with Crippen molar-refractivity contribution in [2.24, 2.45) is 0 Å². The average molecular weight is 329 g/mol. The highest BCUT2D eigenvalue weighted by Gasteiger charge is 2.07. The molecule has 2 aromatic carbocycles. The minimum absolute atomic E-state index is 0.0237. The van der Waals surface area contributed by atoms with Crippen LogP contribution in [0.4, 0.5) is 14.5 Å². The molecule has 0 radical (unpaired) electrons. The number of nitrogens with one attached hydrogen (secondary N) is 1. The summed E-state index contributed by atoms with van der Waals surface area (Å²) >= 11 is 0. The number of amides is 1. The van der Waals surface area contributed by atoms with Gasteiger partial charge in [-0.25, -0.2) is 8.78 Å². The normalized spacial score (nSPS) is 10.4. The van der Waals surface area contributed by atoms with E-state index in [1.54, 1.807) is 6.20 Å². The maximum atomic E-state index is 12.8. The van der Waals surface area contributed by atoms with Crippen molar-refractivity contribution in [2.45, 2.75) is 6.54 Å². The molecular weight excluding hydrogens is 316 g/mol. The summed E-state index contributed by atoms with van der Waals surface area (Å²) in [6, 6.07) is 11.0. The van der Waals surface area contributed by atoms with E-state index in [4.69, 9.17) is 4.74 Å². The van der Waals surface area contributed by atoms with Crippen LogP contribution in [0, 0.1) is 11.6 Å². The van der Waals surface area contributed by atoms with E-state index >= 15 is 0 Å². The Morgan fingerprint density at radius 2 is 1.62 bits per heavy atom. The van der Waals surface area contributed by atoms with Crippen LogP contribution in [0.2, 0.25) is 0 Å². The highest BCUT2D eigenvalue weighted by Crippen LogP contribution is 2.20. The summed E-state index contributed by atoms with van der Waals surface area (Å²) in [5.41, 5.74) is 0.497. The van der Waals surface area contributed by atoms with Crippen molar-refractivity contribution in [3.8, 4) is 11.5 Å². The lowest BCUT2D eigenvalue weighted by Gasteiger charge is -2.05. The summed E-state index contributed by atoms with van der Waals surface area (Å²) in [5, 5.41) is 6.66. The van der Waals surface area contributed by atoms with Gasteiger partial charge in [0, 0.05) is 5.69 Å². The van der Waals surface area contributed by atoms with Gasteiger partial charge in [-0.2, -0.15) is 5.10 Å². The fourth-order valence-electron chi connectivity index (χ4n) is 2.00. The first-order valence-corrected chi connectivity index (χ1v) is 7.10.